The average Bonchev–Trinajstić information content (AvgIpc) is 3.14. The van der Waals surface area contributed by atoms with E-state index in [1.54, 1.807) is 6.26 Å². The minimum absolute atomic E-state index is 0.0610. The Morgan fingerprint density at radius 3 is 1.77 bits per heavy atom. The smallest absolute Gasteiger partial charge is 0.303 e. The topological polar surface area (TPSA) is 344 Å². The van der Waals surface area contributed by atoms with E-state index in [0.29, 0.717) is 31.7 Å². The van der Waals surface area contributed by atoms with Gasteiger partial charge in [-0.1, -0.05) is 32.1 Å². The second-order valence-electron chi connectivity index (χ2n) is 14.1. The molecule has 0 aromatic heterocycles. The van der Waals surface area contributed by atoms with Crippen LogP contribution in [0.2, 0.25) is 0 Å². The monoisotopic (exact) mass is 827 g/mol. The van der Waals surface area contributed by atoms with Crippen molar-refractivity contribution in [2.24, 2.45) is 11.5 Å². The maximum Gasteiger partial charge on any atom is 0.303 e. The van der Waals surface area contributed by atoms with Gasteiger partial charge in [0.05, 0.1) is 18.2 Å². The standard InChI is InChI=1S/C36H65N11O9S/c1-22(48)29-34(56)46-26(15-16-28(50)51)33(55)45-25(13-11-20-43-36(39)40)32(54)44-24(17-21-57-2)31(53)30(52)23(12-10-19-42-35(37)38)41-18-9-7-5-3-4-6-8-14-27(49)47-29/h22-26,29,41,48H,3-21H2,1-2H3,(H,44,54)(H,45,55)(H,46,56)(H,47,49)(H,50,51)(H4,37,38,42)(H4,39,40,43)/t22-,23+,24?,25+,26?,29+/m1/s1. The lowest BCUT2D eigenvalue weighted by atomic mass is 9.96. The van der Waals surface area contributed by atoms with Gasteiger partial charge < -0.3 is 58.9 Å². The Kier molecular flexibility index (Phi) is 25.5. The van der Waals surface area contributed by atoms with Crippen LogP contribution in [0.1, 0.15) is 103 Å². The first kappa shape index (κ1) is 50.5. The Morgan fingerprint density at radius 1 is 0.737 bits per heavy atom. The number of nitrogens with two attached hydrogens (primary N) is 2. The summed E-state index contributed by atoms with van der Waals surface area (Å²) >= 11 is 1.39. The number of carbonyl (C=O) groups excluding carboxylic acids is 6. The number of thioether (sulfide) groups is 1. The number of nitrogens with one attached hydrogen (secondary N) is 9. The van der Waals surface area contributed by atoms with Crippen molar-refractivity contribution in [3.8, 4) is 0 Å². The Hall–Kier alpha value is -4.50. The Bertz CT molecular complexity index is 1350. The lowest BCUT2D eigenvalue weighted by molar-refractivity contribution is -0.141. The summed E-state index contributed by atoms with van der Waals surface area (Å²) in [6.07, 6.45) is 5.96. The van der Waals surface area contributed by atoms with Crippen LogP contribution in [-0.4, -0.2) is 131 Å². The summed E-state index contributed by atoms with van der Waals surface area (Å²) in [5.41, 5.74) is 10.8. The minimum atomic E-state index is -1.52. The van der Waals surface area contributed by atoms with Crippen LogP contribution < -0.4 is 48.7 Å². The number of aliphatic hydroxyl groups is 1. The van der Waals surface area contributed by atoms with Crippen molar-refractivity contribution in [3.63, 3.8) is 0 Å². The van der Waals surface area contributed by atoms with E-state index in [1.807, 2.05) is 0 Å². The molecular formula is C36H65N11O9S. The number of hydrogen-bond acceptors (Lipinski definition) is 12. The van der Waals surface area contributed by atoms with Gasteiger partial charge in [-0.15, -0.1) is 0 Å². The number of aliphatic carboxylic acids is 1. The molecule has 1 aliphatic heterocycles. The summed E-state index contributed by atoms with van der Waals surface area (Å²) in [5.74, 6) is -6.19. The number of carbonyl (C=O) groups is 7. The molecule has 20 nitrogen and oxygen atoms in total. The third kappa shape index (κ3) is 22.1. The molecule has 0 aromatic rings. The summed E-state index contributed by atoms with van der Waals surface area (Å²) in [4.78, 5) is 93.0. The molecule has 6 atom stereocenters. The Morgan fingerprint density at radius 2 is 1.23 bits per heavy atom. The Balaban J connectivity index is 3.54. The number of Topliss-reactive ketones (excluding diaryl/α,β-unsaturated/α-hetero) is 2. The Labute approximate surface area is 338 Å². The second-order valence-corrected chi connectivity index (χ2v) is 15.1. The van der Waals surface area contributed by atoms with Gasteiger partial charge in [0.25, 0.3) is 0 Å². The first-order valence-corrected chi connectivity index (χ1v) is 21.0. The minimum Gasteiger partial charge on any atom is -0.481 e. The fourth-order valence-electron chi connectivity index (χ4n) is 6.07. The van der Waals surface area contributed by atoms with Crippen molar-refractivity contribution in [3.05, 3.63) is 0 Å². The molecule has 0 saturated carbocycles. The maximum absolute atomic E-state index is 13.9. The van der Waals surface area contributed by atoms with E-state index in [-0.39, 0.29) is 50.6 Å². The van der Waals surface area contributed by atoms with Gasteiger partial charge in [0.15, 0.2) is 11.9 Å². The number of carboxylic acids is 1. The van der Waals surface area contributed by atoms with E-state index in [4.69, 9.17) is 22.3 Å². The summed E-state index contributed by atoms with van der Waals surface area (Å²) in [6, 6.07) is -6.49. The first-order valence-electron chi connectivity index (χ1n) is 19.6. The molecule has 324 valence electrons. The van der Waals surface area contributed by atoms with Gasteiger partial charge >= 0.3 is 5.97 Å². The summed E-state index contributed by atoms with van der Waals surface area (Å²) in [5, 5.41) is 53.2. The van der Waals surface area contributed by atoms with Crippen molar-refractivity contribution in [1.82, 2.24) is 37.2 Å². The van der Waals surface area contributed by atoms with E-state index in [0.717, 1.165) is 38.5 Å². The van der Waals surface area contributed by atoms with Crippen molar-refractivity contribution in [2.75, 3.05) is 31.6 Å². The van der Waals surface area contributed by atoms with E-state index in [2.05, 4.69) is 37.2 Å². The fourth-order valence-corrected chi connectivity index (χ4v) is 6.54. The van der Waals surface area contributed by atoms with Crippen LogP contribution in [0.25, 0.3) is 0 Å². The zero-order chi connectivity index (χ0) is 42.8. The summed E-state index contributed by atoms with van der Waals surface area (Å²) in [7, 11) is 0. The number of guanidine groups is 2. The van der Waals surface area contributed by atoms with E-state index < -0.39 is 90.3 Å². The molecule has 2 unspecified atom stereocenters. The van der Waals surface area contributed by atoms with Crippen LogP contribution in [-0.2, 0) is 33.6 Å². The molecule has 1 saturated heterocycles. The van der Waals surface area contributed by atoms with E-state index in [9.17, 15) is 43.8 Å². The number of rotatable bonds is 15. The number of hydrogen-bond donors (Lipinski definition) is 13. The van der Waals surface area contributed by atoms with Crippen LogP contribution in [0.4, 0.5) is 0 Å². The third-order valence-corrected chi connectivity index (χ3v) is 9.88. The van der Waals surface area contributed by atoms with Crippen LogP contribution in [0.15, 0.2) is 0 Å². The largest absolute Gasteiger partial charge is 0.481 e. The molecule has 15 N–H and O–H groups in total. The highest BCUT2D eigenvalue weighted by Crippen LogP contribution is 2.12. The summed E-state index contributed by atoms with van der Waals surface area (Å²) < 4.78 is 0. The molecule has 1 aliphatic rings. The van der Waals surface area contributed by atoms with Gasteiger partial charge in [0.1, 0.15) is 18.1 Å². The van der Waals surface area contributed by atoms with Gasteiger partial charge in [0.2, 0.25) is 35.2 Å². The highest BCUT2D eigenvalue weighted by Gasteiger charge is 2.35. The van der Waals surface area contributed by atoms with Crippen LogP contribution in [0.3, 0.4) is 0 Å². The van der Waals surface area contributed by atoms with Crippen molar-refractivity contribution in [2.45, 2.75) is 140 Å². The molecular weight excluding hydrogens is 763 g/mol. The first-order chi connectivity index (χ1) is 27.1. The second kappa shape index (κ2) is 28.8. The zero-order valence-electron chi connectivity index (χ0n) is 33.2. The third-order valence-electron chi connectivity index (χ3n) is 9.24. The maximum atomic E-state index is 13.9. The molecule has 1 heterocycles. The average molecular weight is 828 g/mol. The lowest BCUT2D eigenvalue weighted by Crippen LogP contribution is -2.59. The normalized spacial score (nSPS) is 23.7. The van der Waals surface area contributed by atoms with Crippen molar-refractivity contribution < 1.29 is 43.8 Å². The zero-order valence-corrected chi connectivity index (χ0v) is 34.0. The number of ketones is 2. The van der Waals surface area contributed by atoms with Gasteiger partial charge in [-0.05, 0) is 76.8 Å². The predicted molar refractivity (Wildman–Crippen MR) is 216 cm³/mol. The number of aliphatic hydroxyl groups excluding tert-OH is 1. The van der Waals surface area contributed by atoms with Crippen LogP contribution >= 0.6 is 11.8 Å². The molecule has 4 amide bonds. The van der Waals surface area contributed by atoms with Crippen molar-refractivity contribution >= 4 is 64.8 Å². The molecule has 0 bridgehead atoms. The van der Waals surface area contributed by atoms with Crippen LogP contribution in [0.5, 0.6) is 0 Å². The predicted octanol–water partition coefficient (Wildman–Crippen LogP) is -1.32. The fraction of sp³-hybridized carbons (Fsp3) is 0.750. The molecule has 0 aliphatic carbocycles. The van der Waals surface area contributed by atoms with Gasteiger partial charge in [0, 0.05) is 25.9 Å². The molecule has 1 rings (SSSR count). The molecule has 0 aromatic carbocycles. The van der Waals surface area contributed by atoms with E-state index >= 15 is 0 Å². The van der Waals surface area contributed by atoms with Gasteiger partial charge in [-0.3, -0.25) is 44.4 Å². The lowest BCUT2D eigenvalue weighted by Gasteiger charge is -2.27. The van der Waals surface area contributed by atoms with Crippen LogP contribution in [0, 0.1) is 10.8 Å². The number of amides is 4. The van der Waals surface area contributed by atoms with E-state index in [1.165, 1.54) is 18.7 Å². The number of carboxylic acid groups (broad SMARTS) is 1. The highest BCUT2D eigenvalue weighted by molar-refractivity contribution is 7.98. The molecule has 1 fully saturated rings. The quantitative estimate of drug-likeness (QED) is 0.0394. The van der Waals surface area contributed by atoms with Gasteiger partial charge in [-0.2, -0.15) is 11.8 Å². The van der Waals surface area contributed by atoms with Crippen molar-refractivity contribution in [1.29, 1.82) is 10.8 Å². The molecule has 21 heteroatoms. The molecule has 57 heavy (non-hydrogen) atoms. The molecule has 0 radical (unpaired) electrons. The van der Waals surface area contributed by atoms with Gasteiger partial charge in [-0.25, -0.2) is 0 Å². The molecule has 0 spiro atoms. The SMILES string of the molecule is CSCCC1NC(=O)[C@H](CCCNC(=N)N)NC(=O)C(CCC(=O)O)NC(=O)[C@H]([C@@H](C)O)NC(=O)CCCCCCCCCN[C@@H](CCCNC(=N)N)C(=O)C1=O. The summed E-state index contributed by atoms with van der Waals surface area (Å²) in [6.45, 7) is 2.17. The highest BCUT2D eigenvalue weighted by atomic mass is 32.2.